The normalized spacial score (nSPS) is 15.9. The number of anilines is 2. The first-order chi connectivity index (χ1) is 15.1. The highest BCUT2D eigenvalue weighted by atomic mass is 35.5. The van der Waals surface area contributed by atoms with E-state index in [9.17, 15) is 18.0 Å². The Hall–Kier alpha value is -2.43. The molecule has 1 atom stereocenters. The number of ether oxygens (including phenoxy) is 2. The van der Waals surface area contributed by atoms with Gasteiger partial charge in [0.2, 0.25) is 11.8 Å². The Bertz CT molecular complexity index is 1150. The third-order valence-corrected chi connectivity index (χ3v) is 7.92. The van der Waals surface area contributed by atoms with Crippen LogP contribution in [-0.2, 0) is 19.4 Å². The highest BCUT2D eigenvalue weighted by Gasteiger charge is 2.23. The average molecular weight is 499 g/mol. The molecule has 2 aromatic rings. The number of benzene rings is 2. The van der Waals surface area contributed by atoms with E-state index in [4.69, 9.17) is 21.1 Å². The van der Waals surface area contributed by atoms with Crippen LogP contribution in [0.2, 0.25) is 5.02 Å². The number of rotatable bonds is 7. The topological polar surface area (TPSA) is 111 Å². The zero-order valence-corrected chi connectivity index (χ0v) is 20.1. The van der Waals surface area contributed by atoms with E-state index in [0.717, 1.165) is 4.90 Å². The van der Waals surface area contributed by atoms with Crippen LogP contribution in [-0.4, -0.2) is 45.5 Å². The summed E-state index contributed by atoms with van der Waals surface area (Å²) in [6.45, 7) is 1.94. The molecule has 1 heterocycles. The van der Waals surface area contributed by atoms with Gasteiger partial charge in [-0.15, -0.1) is 11.8 Å². The smallest absolute Gasteiger partial charge is 0.225 e. The molecule has 0 spiro atoms. The van der Waals surface area contributed by atoms with Crippen molar-refractivity contribution in [3.05, 3.63) is 35.4 Å². The Kier molecular flexibility index (Phi) is 7.58. The molecule has 2 amide bonds. The highest BCUT2D eigenvalue weighted by molar-refractivity contribution is 8.00. The number of amides is 2. The molecule has 3 rings (SSSR count). The molecule has 0 saturated carbocycles. The van der Waals surface area contributed by atoms with E-state index in [1.165, 1.54) is 44.2 Å². The van der Waals surface area contributed by atoms with Gasteiger partial charge in [0.25, 0.3) is 0 Å². The molecule has 0 unspecified atom stereocenters. The summed E-state index contributed by atoms with van der Waals surface area (Å²) in [6, 6.07) is 7.68. The van der Waals surface area contributed by atoms with Crippen molar-refractivity contribution in [3.63, 3.8) is 0 Å². The van der Waals surface area contributed by atoms with Crippen molar-refractivity contribution >= 4 is 56.4 Å². The van der Waals surface area contributed by atoms with Crippen LogP contribution in [0.25, 0.3) is 0 Å². The van der Waals surface area contributed by atoms with Crippen LogP contribution in [0, 0.1) is 0 Å². The molecule has 11 heteroatoms. The predicted octanol–water partition coefficient (Wildman–Crippen LogP) is 3.98. The van der Waals surface area contributed by atoms with E-state index in [2.05, 4.69) is 10.6 Å². The molecule has 32 heavy (non-hydrogen) atoms. The van der Waals surface area contributed by atoms with Crippen molar-refractivity contribution in [2.24, 2.45) is 0 Å². The van der Waals surface area contributed by atoms with Gasteiger partial charge in [-0.25, -0.2) is 8.42 Å². The monoisotopic (exact) mass is 498 g/mol. The number of nitrogens with one attached hydrogen (secondary N) is 2. The number of carbonyl (C=O) groups is 2. The third-order valence-electron chi connectivity index (χ3n) is 4.73. The summed E-state index contributed by atoms with van der Waals surface area (Å²) in [5.41, 5.74) is 0.695. The fourth-order valence-electron chi connectivity index (χ4n) is 3.13. The van der Waals surface area contributed by atoms with Gasteiger partial charge in [0.05, 0.1) is 35.6 Å². The minimum absolute atomic E-state index is 0.0413. The van der Waals surface area contributed by atoms with Crippen molar-refractivity contribution in [1.29, 1.82) is 0 Å². The van der Waals surface area contributed by atoms with E-state index in [1.54, 1.807) is 12.1 Å². The van der Waals surface area contributed by atoms with Crippen LogP contribution < -0.4 is 20.1 Å². The lowest BCUT2D eigenvalue weighted by atomic mass is 10.2. The Morgan fingerprint density at radius 2 is 2.00 bits per heavy atom. The molecule has 0 fully saturated rings. The number of hydrogen-bond donors (Lipinski definition) is 2. The minimum Gasteiger partial charge on any atom is -0.497 e. The number of thioether (sulfide) groups is 1. The van der Waals surface area contributed by atoms with Gasteiger partial charge in [-0.2, -0.15) is 0 Å². The molecule has 0 aromatic heterocycles. The quantitative estimate of drug-likeness (QED) is 0.593. The molecule has 0 aliphatic carbocycles. The summed E-state index contributed by atoms with van der Waals surface area (Å²) in [4.78, 5) is 25.3. The van der Waals surface area contributed by atoms with Crippen LogP contribution in [0.3, 0.4) is 0 Å². The number of halogens is 1. The van der Waals surface area contributed by atoms with Crippen molar-refractivity contribution in [2.75, 3.05) is 30.6 Å². The first-order valence-corrected chi connectivity index (χ1v) is 12.6. The van der Waals surface area contributed by atoms with E-state index in [0.29, 0.717) is 23.6 Å². The Labute approximate surface area is 195 Å². The summed E-state index contributed by atoms with van der Waals surface area (Å²) in [7, 11) is -0.875. The molecule has 0 saturated heterocycles. The molecular weight excluding hydrogens is 476 g/mol. The van der Waals surface area contributed by atoms with Crippen LogP contribution in [0.4, 0.5) is 11.4 Å². The maximum Gasteiger partial charge on any atom is 0.225 e. The predicted molar refractivity (Wildman–Crippen MR) is 125 cm³/mol. The van der Waals surface area contributed by atoms with Crippen molar-refractivity contribution < 1.29 is 27.5 Å². The number of fused-ring (bicyclic) bond motifs is 1. The minimum atomic E-state index is -3.77. The zero-order chi connectivity index (χ0) is 23.5. The molecule has 1 aliphatic heterocycles. The Balaban J connectivity index is 1.72. The van der Waals surface area contributed by atoms with Gasteiger partial charge in [-0.1, -0.05) is 18.5 Å². The lowest BCUT2D eigenvalue weighted by molar-refractivity contribution is -0.116. The summed E-state index contributed by atoms with van der Waals surface area (Å²) >= 11 is 7.70. The maximum atomic E-state index is 12.8. The first-order valence-electron chi connectivity index (χ1n) is 9.67. The van der Waals surface area contributed by atoms with Gasteiger partial charge in [0.15, 0.2) is 9.84 Å². The van der Waals surface area contributed by atoms with Crippen molar-refractivity contribution in [3.8, 4) is 11.5 Å². The fraction of sp³-hybridized carbons (Fsp3) is 0.333. The second-order valence-electron chi connectivity index (χ2n) is 7.14. The zero-order valence-electron chi connectivity index (χ0n) is 17.7. The van der Waals surface area contributed by atoms with Crippen molar-refractivity contribution in [2.45, 2.75) is 34.8 Å². The van der Waals surface area contributed by atoms with Gasteiger partial charge < -0.3 is 20.1 Å². The third kappa shape index (κ3) is 5.67. The van der Waals surface area contributed by atoms with Crippen LogP contribution in [0.1, 0.15) is 19.8 Å². The van der Waals surface area contributed by atoms with E-state index >= 15 is 0 Å². The van der Waals surface area contributed by atoms with E-state index in [-0.39, 0.29) is 33.2 Å². The molecule has 0 radical (unpaired) electrons. The van der Waals surface area contributed by atoms with E-state index < -0.39 is 21.5 Å². The second kappa shape index (κ2) is 10.0. The second-order valence-corrected chi connectivity index (χ2v) is 11.1. The molecule has 172 valence electrons. The number of sulfone groups is 1. The first kappa shape index (κ1) is 24.2. The fourth-order valence-corrected chi connectivity index (χ4v) is 5.69. The molecule has 1 aliphatic rings. The summed E-state index contributed by atoms with van der Waals surface area (Å²) in [6.07, 6.45) is 0.0576. The molecule has 2 aromatic carbocycles. The molecular formula is C21H23ClN2O6S2. The summed E-state index contributed by atoms with van der Waals surface area (Å²) in [5.74, 6) is -0.367. The molecule has 2 N–H and O–H groups in total. The summed E-state index contributed by atoms with van der Waals surface area (Å²) in [5, 5.41) is 5.63. The number of hydrogen-bond acceptors (Lipinski definition) is 7. The Morgan fingerprint density at radius 3 is 2.69 bits per heavy atom. The van der Waals surface area contributed by atoms with Gasteiger partial charge in [0.1, 0.15) is 17.2 Å². The lowest BCUT2D eigenvalue weighted by Crippen LogP contribution is -2.18. The van der Waals surface area contributed by atoms with Gasteiger partial charge >= 0.3 is 0 Å². The Morgan fingerprint density at radius 1 is 1.25 bits per heavy atom. The van der Waals surface area contributed by atoms with Crippen LogP contribution in [0.5, 0.6) is 11.5 Å². The summed E-state index contributed by atoms with van der Waals surface area (Å²) < 4.78 is 36.0. The van der Waals surface area contributed by atoms with Crippen LogP contribution in [0.15, 0.2) is 40.1 Å². The molecule has 8 nitrogen and oxygen atoms in total. The largest absolute Gasteiger partial charge is 0.497 e. The van der Waals surface area contributed by atoms with Crippen LogP contribution >= 0.6 is 23.4 Å². The van der Waals surface area contributed by atoms with E-state index in [1.807, 2.05) is 6.92 Å². The molecule has 0 bridgehead atoms. The van der Waals surface area contributed by atoms with Gasteiger partial charge in [0, 0.05) is 35.1 Å². The number of carbonyl (C=O) groups excluding carboxylic acids is 2. The standard InChI is InChI=1S/C21H23ClN2O6S2/c1-12-8-20(26)23-16-11-14(4-5-18(16)31-12)32(27,28)7-6-19(25)24-21-15(22)9-13(29-2)10-17(21)30-3/h4-5,9-12H,6-8H2,1-3H3,(H,23,26)(H,24,25)/t12-/m0/s1. The SMILES string of the molecule is COc1cc(Cl)c(NC(=O)CCS(=O)(=O)c2ccc3c(c2)NC(=O)C[C@H](C)S3)c(OC)c1. The van der Waals surface area contributed by atoms with Gasteiger partial charge in [-0.05, 0) is 18.2 Å². The van der Waals surface area contributed by atoms with Crippen molar-refractivity contribution in [1.82, 2.24) is 0 Å². The highest BCUT2D eigenvalue weighted by Crippen LogP contribution is 2.38. The van der Waals surface area contributed by atoms with Gasteiger partial charge in [-0.3, -0.25) is 9.59 Å². The lowest BCUT2D eigenvalue weighted by Gasteiger charge is -2.14. The number of methoxy groups -OCH3 is 2. The maximum absolute atomic E-state index is 12.8. The average Bonchev–Trinajstić information content (AvgIpc) is 2.88.